The van der Waals surface area contributed by atoms with Gasteiger partial charge in [-0.25, -0.2) is 18.7 Å². The molecular formula is C23H22F2N6O3. The topological polar surface area (TPSA) is 114 Å². The summed E-state index contributed by atoms with van der Waals surface area (Å²) in [6.45, 7) is 0.0965. The lowest BCUT2D eigenvalue weighted by Crippen LogP contribution is -2.29. The Morgan fingerprint density at radius 2 is 2.00 bits per heavy atom. The molecule has 0 saturated heterocycles. The number of anilines is 1. The fourth-order valence-corrected chi connectivity index (χ4v) is 3.50. The molecule has 0 fully saturated rings. The highest BCUT2D eigenvalue weighted by Crippen LogP contribution is 2.27. The molecule has 2 aromatic heterocycles. The first kappa shape index (κ1) is 23.1. The molecule has 2 aromatic carbocycles. The number of halogens is 2. The van der Waals surface area contributed by atoms with Gasteiger partial charge in [0.05, 0.1) is 36.9 Å². The van der Waals surface area contributed by atoms with Crippen LogP contribution in [-0.4, -0.2) is 51.0 Å². The van der Waals surface area contributed by atoms with Gasteiger partial charge in [0.25, 0.3) is 5.91 Å². The molecule has 0 aliphatic carbocycles. The van der Waals surface area contributed by atoms with Crippen LogP contribution in [0.15, 0.2) is 48.9 Å². The van der Waals surface area contributed by atoms with E-state index >= 15 is 0 Å². The zero-order valence-corrected chi connectivity index (χ0v) is 18.4. The predicted molar refractivity (Wildman–Crippen MR) is 121 cm³/mol. The second-order valence-electron chi connectivity index (χ2n) is 7.48. The number of methoxy groups -OCH3 is 1. The van der Waals surface area contributed by atoms with E-state index in [0.29, 0.717) is 11.1 Å². The fraction of sp³-hybridized carbons (Fsp3) is 0.217. The number of amides is 1. The third kappa shape index (κ3) is 4.79. The third-order valence-electron chi connectivity index (χ3n) is 5.15. The Morgan fingerprint density at radius 3 is 2.68 bits per heavy atom. The predicted octanol–water partition coefficient (Wildman–Crippen LogP) is 2.57. The third-order valence-corrected chi connectivity index (χ3v) is 5.15. The minimum Gasteiger partial charge on any atom is -0.494 e. The van der Waals surface area contributed by atoms with Gasteiger partial charge in [-0.3, -0.25) is 9.48 Å². The Kier molecular flexibility index (Phi) is 6.64. The molecule has 0 saturated carbocycles. The summed E-state index contributed by atoms with van der Waals surface area (Å²) in [5.74, 6) is -1.57. The maximum absolute atomic E-state index is 14.7. The van der Waals surface area contributed by atoms with Crippen molar-refractivity contribution in [3.05, 3.63) is 77.2 Å². The second-order valence-corrected chi connectivity index (χ2v) is 7.48. The van der Waals surface area contributed by atoms with Crippen LogP contribution in [0, 0.1) is 11.6 Å². The number of carbonyl (C=O) groups is 1. The monoisotopic (exact) mass is 468 g/mol. The van der Waals surface area contributed by atoms with E-state index in [9.17, 15) is 13.6 Å². The van der Waals surface area contributed by atoms with Crippen LogP contribution in [0.1, 0.15) is 27.5 Å². The molecule has 0 spiro atoms. The molecule has 0 radical (unpaired) electrons. The van der Waals surface area contributed by atoms with E-state index in [4.69, 9.17) is 9.84 Å². The van der Waals surface area contributed by atoms with Crippen LogP contribution in [0.4, 0.5) is 14.7 Å². The number of aromatic nitrogens is 4. The number of hydrogen-bond acceptors (Lipinski definition) is 7. The molecule has 2 heterocycles. The maximum Gasteiger partial charge on any atom is 0.252 e. The lowest BCUT2D eigenvalue weighted by atomic mass is 10.0. The van der Waals surface area contributed by atoms with Crippen molar-refractivity contribution in [2.24, 2.45) is 7.05 Å². The minimum absolute atomic E-state index is 0.0275. The van der Waals surface area contributed by atoms with Gasteiger partial charge in [-0.1, -0.05) is 6.07 Å². The zero-order valence-electron chi connectivity index (χ0n) is 18.4. The molecule has 0 bridgehead atoms. The Balaban J connectivity index is 1.69. The highest BCUT2D eigenvalue weighted by atomic mass is 19.1. The van der Waals surface area contributed by atoms with Crippen LogP contribution >= 0.6 is 0 Å². The molecule has 1 amide bonds. The number of ether oxygens (including phenoxy) is 1. The molecule has 4 rings (SSSR count). The highest BCUT2D eigenvalue weighted by molar-refractivity contribution is 5.98. The highest BCUT2D eigenvalue weighted by Gasteiger charge is 2.22. The van der Waals surface area contributed by atoms with Crippen LogP contribution in [0.2, 0.25) is 0 Å². The number of fused-ring (bicyclic) bond motifs is 1. The summed E-state index contributed by atoms with van der Waals surface area (Å²) in [7, 11) is 3.08. The molecule has 3 N–H and O–H groups in total. The quantitative estimate of drug-likeness (QED) is 0.364. The number of aliphatic hydroxyl groups is 1. The summed E-state index contributed by atoms with van der Waals surface area (Å²) < 4.78 is 35.7. The van der Waals surface area contributed by atoms with Crippen LogP contribution < -0.4 is 15.4 Å². The standard InChI is InChI=1S/C23H22F2N6O3/c1-31-12-15(10-28-31)21(13-3-4-20(34-2)18(25)7-13)30-22(33)14-8-17(24)16-11-27-23(26-5-6-32)29-19(16)9-14/h3-4,7-12,21,32H,5-6H2,1-2H3,(H,30,33)(H,26,27,29)/t21-/m0/s1. The van der Waals surface area contributed by atoms with E-state index in [1.54, 1.807) is 30.2 Å². The minimum atomic E-state index is -0.757. The summed E-state index contributed by atoms with van der Waals surface area (Å²) in [4.78, 5) is 21.4. The summed E-state index contributed by atoms with van der Waals surface area (Å²) >= 11 is 0. The lowest BCUT2D eigenvalue weighted by Gasteiger charge is -2.19. The van der Waals surface area contributed by atoms with E-state index in [0.717, 1.165) is 6.07 Å². The van der Waals surface area contributed by atoms with Crippen molar-refractivity contribution in [3.63, 3.8) is 0 Å². The maximum atomic E-state index is 14.7. The first-order chi connectivity index (χ1) is 16.4. The number of carbonyl (C=O) groups excluding carboxylic acids is 1. The molecule has 0 aliphatic heterocycles. The van der Waals surface area contributed by atoms with Crippen molar-refractivity contribution >= 4 is 22.8 Å². The molecule has 1 atom stereocenters. The van der Waals surface area contributed by atoms with Crippen molar-refractivity contribution in [2.75, 3.05) is 25.6 Å². The number of aliphatic hydroxyl groups excluding tert-OH is 1. The van der Waals surface area contributed by atoms with Crippen LogP contribution in [-0.2, 0) is 7.05 Å². The molecule has 11 heteroatoms. The fourth-order valence-electron chi connectivity index (χ4n) is 3.50. The number of nitrogens with zero attached hydrogens (tertiary/aromatic N) is 4. The van der Waals surface area contributed by atoms with Gasteiger partial charge >= 0.3 is 0 Å². The summed E-state index contributed by atoms with van der Waals surface area (Å²) in [6.07, 6.45) is 4.55. The van der Waals surface area contributed by atoms with Crippen LogP contribution in [0.5, 0.6) is 5.75 Å². The van der Waals surface area contributed by atoms with Gasteiger partial charge in [-0.15, -0.1) is 0 Å². The van der Waals surface area contributed by atoms with E-state index in [1.165, 1.54) is 31.5 Å². The number of nitrogens with one attached hydrogen (secondary N) is 2. The average molecular weight is 468 g/mol. The molecule has 0 aliphatic rings. The number of aryl methyl sites for hydroxylation is 1. The first-order valence-corrected chi connectivity index (χ1v) is 10.3. The van der Waals surface area contributed by atoms with Crippen molar-refractivity contribution in [2.45, 2.75) is 6.04 Å². The molecule has 9 nitrogen and oxygen atoms in total. The van der Waals surface area contributed by atoms with Crippen molar-refractivity contribution in [1.29, 1.82) is 0 Å². The first-order valence-electron chi connectivity index (χ1n) is 10.3. The molecule has 34 heavy (non-hydrogen) atoms. The molecule has 176 valence electrons. The van der Waals surface area contributed by atoms with Crippen molar-refractivity contribution in [3.8, 4) is 5.75 Å². The smallest absolute Gasteiger partial charge is 0.252 e. The number of hydrogen-bond donors (Lipinski definition) is 3. The molecule has 4 aromatic rings. The van der Waals surface area contributed by atoms with Gasteiger partial charge < -0.3 is 20.5 Å². The SMILES string of the molecule is COc1ccc([C@H](NC(=O)c2cc(F)c3cnc(NCCO)nc3c2)c2cnn(C)c2)cc1F. The largest absolute Gasteiger partial charge is 0.494 e. The summed E-state index contributed by atoms with van der Waals surface area (Å²) in [5, 5.41) is 18.9. The molecule has 0 unspecified atom stereocenters. The van der Waals surface area contributed by atoms with Gasteiger partial charge in [-0.05, 0) is 29.8 Å². The molecular weight excluding hydrogens is 446 g/mol. The Hall–Kier alpha value is -4.12. The van der Waals surface area contributed by atoms with E-state index in [-0.39, 0.29) is 41.3 Å². The van der Waals surface area contributed by atoms with Gasteiger partial charge in [0.15, 0.2) is 11.6 Å². The lowest BCUT2D eigenvalue weighted by molar-refractivity contribution is 0.0942. The van der Waals surface area contributed by atoms with Crippen LogP contribution in [0.25, 0.3) is 10.9 Å². The van der Waals surface area contributed by atoms with Crippen molar-refractivity contribution < 1.29 is 23.4 Å². The van der Waals surface area contributed by atoms with E-state index in [2.05, 4.69) is 25.7 Å². The van der Waals surface area contributed by atoms with Gasteiger partial charge in [0.1, 0.15) is 5.82 Å². The normalized spacial score (nSPS) is 11.9. The summed E-state index contributed by atoms with van der Waals surface area (Å²) in [5.41, 5.74) is 1.31. The number of benzene rings is 2. The van der Waals surface area contributed by atoms with Crippen molar-refractivity contribution in [1.82, 2.24) is 25.1 Å². The summed E-state index contributed by atoms with van der Waals surface area (Å²) in [6, 6.07) is 6.14. The van der Waals surface area contributed by atoms with Gasteiger partial charge in [-0.2, -0.15) is 5.10 Å². The van der Waals surface area contributed by atoms with Gasteiger partial charge in [0.2, 0.25) is 5.95 Å². The van der Waals surface area contributed by atoms with E-state index < -0.39 is 23.6 Å². The Labute approximate surface area is 193 Å². The second kappa shape index (κ2) is 9.79. The number of rotatable bonds is 8. The average Bonchev–Trinajstić information content (AvgIpc) is 3.26. The van der Waals surface area contributed by atoms with Crippen LogP contribution in [0.3, 0.4) is 0 Å². The Bertz CT molecular complexity index is 1340. The van der Waals surface area contributed by atoms with Gasteiger partial charge in [0, 0.05) is 37.1 Å². The zero-order chi connectivity index (χ0) is 24.2. The Morgan fingerprint density at radius 1 is 1.18 bits per heavy atom. The van der Waals surface area contributed by atoms with E-state index in [1.807, 2.05) is 0 Å².